The lowest BCUT2D eigenvalue weighted by atomic mass is 9.85. The van der Waals surface area contributed by atoms with Crippen LogP contribution in [0.4, 0.5) is 0 Å². The summed E-state index contributed by atoms with van der Waals surface area (Å²) in [5, 5.41) is 9.89. The van der Waals surface area contributed by atoms with Gasteiger partial charge in [-0.25, -0.2) is 0 Å². The summed E-state index contributed by atoms with van der Waals surface area (Å²) in [5.74, 6) is 2.34. The van der Waals surface area contributed by atoms with Crippen molar-refractivity contribution in [2.45, 2.75) is 83.6 Å². The summed E-state index contributed by atoms with van der Waals surface area (Å²) >= 11 is 0. The van der Waals surface area contributed by atoms with Crippen LogP contribution in [-0.4, -0.2) is 38.0 Å². The van der Waals surface area contributed by atoms with Crippen LogP contribution >= 0.6 is 24.0 Å². The van der Waals surface area contributed by atoms with Gasteiger partial charge in [0.2, 0.25) is 5.91 Å². The molecule has 2 saturated carbocycles. The molecule has 1 unspecified atom stereocenters. The van der Waals surface area contributed by atoms with E-state index in [1.807, 2.05) is 7.05 Å². The van der Waals surface area contributed by atoms with Crippen molar-refractivity contribution in [3.8, 4) is 0 Å². The van der Waals surface area contributed by atoms with E-state index in [-0.39, 0.29) is 35.8 Å². The van der Waals surface area contributed by atoms with Gasteiger partial charge >= 0.3 is 0 Å². The SMILES string of the molecule is CN=C(NCCCNC(=O)C1CCC1)NC(C)CCC1CCCCC1.I. The second kappa shape index (κ2) is 13.6. The highest BCUT2D eigenvalue weighted by atomic mass is 127. The zero-order valence-electron chi connectivity index (χ0n) is 16.7. The zero-order chi connectivity index (χ0) is 17.9. The van der Waals surface area contributed by atoms with E-state index in [0.29, 0.717) is 6.04 Å². The highest BCUT2D eigenvalue weighted by Gasteiger charge is 2.24. The molecule has 0 aromatic rings. The van der Waals surface area contributed by atoms with E-state index in [2.05, 4.69) is 27.9 Å². The fraction of sp³-hybridized carbons (Fsp3) is 0.900. The number of hydrogen-bond donors (Lipinski definition) is 3. The summed E-state index contributed by atoms with van der Waals surface area (Å²) in [6, 6.07) is 0.450. The molecule has 0 heterocycles. The molecule has 2 aliphatic rings. The maximum atomic E-state index is 11.8. The number of nitrogens with one attached hydrogen (secondary N) is 3. The van der Waals surface area contributed by atoms with Crippen LogP contribution in [-0.2, 0) is 4.79 Å². The van der Waals surface area contributed by atoms with Crippen LogP contribution in [0.5, 0.6) is 0 Å². The van der Waals surface area contributed by atoms with Crippen LogP contribution in [0.1, 0.15) is 77.6 Å². The maximum absolute atomic E-state index is 11.8. The number of aliphatic imine (C=N–C) groups is 1. The Hall–Kier alpha value is -0.530. The third-order valence-corrected chi connectivity index (χ3v) is 5.76. The standard InChI is InChI=1S/C20H38N4O.HI/c1-16(12-13-17-8-4-3-5-9-17)24-20(21-2)23-15-7-14-22-19(25)18-10-6-11-18;/h16-18H,3-15H2,1-2H3,(H,22,25)(H2,21,23,24);1H. The van der Waals surface area contributed by atoms with Crippen molar-refractivity contribution >= 4 is 35.8 Å². The predicted octanol–water partition coefficient (Wildman–Crippen LogP) is 3.82. The summed E-state index contributed by atoms with van der Waals surface area (Å²) in [7, 11) is 1.82. The predicted molar refractivity (Wildman–Crippen MR) is 120 cm³/mol. The summed E-state index contributed by atoms with van der Waals surface area (Å²) in [5.41, 5.74) is 0. The second-order valence-corrected chi connectivity index (χ2v) is 7.90. The van der Waals surface area contributed by atoms with E-state index in [4.69, 9.17) is 0 Å². The smallest absolute Gasteiger partial charge is 0.223 e. The molecule has 5 nitrogen and oxygen atoms in total. The van der Waals surface area contributed by atoms with E-state index in [9.17, 15) is 4.79 Å². The first-order valence-corrected chi connectivity index (χ1v) is 10.4. The highest BCUT2D eigenvalue weighted by molar-refractivity contribution is 14.0. The van der Waals surface area contributed by atoms with Crippen molar-refractivity contribution in [3.63, 3.8) is 0 Å². The Morgan fingerprint density at radius 3 is 2.35 bits per heavy atom. The van der Waals surface area contributed by atoms with Crippen LogP contribution < -0.4 is 16.0 Å². The van der Waals surface area contributed by atoms with Crippen molar-refractivity contribution in [2.24, 2.45) is 16.8 Å². The Morgan fingerprint density at radius 2 is 1.73 bits per heavy atom. The molecule has 0 bridgehead atoms. The minimum Gasteiger partial charge on any atom is -0.356 e. The Bertz CT molecular complexity index is 420. The van der Waals surface area contributed by atoms with E-state index in [1.54, 1.807) is 0 Å². The van der Waals surface area contributed by atoms with Crippen LogP contribution in [0.15, 0.2) is 4.99 Å². The lowest BCUT2D eigenvalue weighted by Crippen LogP contribution is -2.43. The quantitative estimate of drug-likeness (QED) is 0.204. The molecule has 0 radical (unpaired) electrons. The third kappa shape index (κ3) is 8.91. The van der Waals surface area contributed by atoms with E-state index in [1.165, 1.54) is 51.4 Å². The number of amides is 1. The Labute approximate surface area is 177 Å². The molecule has 6 heteroatoms. The maximum Gasteiger partial charge on any atom is 0.223 e. The van der Waals surface area contributed by atoms with E-state index < -0.39 is 0 Å². The van der Waals surface area contributed by atoms with Gasteiger partial charge in [0.05, 0.1) is 0 Å². The van der Waals surface area contributed by atoms with Crippen molar-refractivity contribution in [2.75, 3.05) is 20.1 Å². The van der Waals surface area contributed by atoms with Crippen LogP contribution in [0.25, 0.3) is 0 Å². The minimum absolute atomic E-state index is 0. The normalized spacial score (nSPS) is 19.8. The summed E-state index contributed by atoms with van der Waals surface area (Å²) in [6.45, 7) is 3.82. The average molecular weight is 478 g/mol. The van der Waals surface area contributed by atoms with Crippen molar-refractivity contribution in [1.29, 1.82) is 0 Å². The molecule has 0 saturated heterocycles. The molecule has 0 aromatic heterocycles. The van der Waals surface area contributed by atoms with Gasteiger partial charge in [0.25, 0.3) is 0 Å². The average Bonchev–Trinajstić information content (AvgIpc) is 2.58. The Kier molecular flexibility index (Phi) is 12.3. The minimum atomic E-state index is 0. The highest BCUT2D eigenvalue weighted by Crippen LogP contribution is 2.27. The lowest BCUT2D eigenvalue weighted by Gasteiger charge is -2.24. The molecule has 2 fully saturated rings. The first-order valence-electron chi connectivity index (χ1n) is 10.4. The number of halogens is 1. The van der Waals surface area contributed by atoms with Crippen molar-refractivity contribution < 1.29 is 4.79 Å². The molecule has 0 spiro atoms. The topological polar surface area (TPSA) is 65.5 Å². The number of carbonyl (C=O) groups excluding carboxylic acids is 1. The van der Waals surface area contributed by atoms with Gasteiger partial charge in [-0.3, -0.25) is 9.79 Å². The molecule has 26 heavy (non-hydrogen) atoms. The van der Waals surface area contributed by atoms with E-state index in [0.717, 1.165) is 44.2 Å². The van der Waals surface area contributed by atoms with E-state index >= 15 is 0 Å². The Balaban J connectivity index is 0.00000338. The van der Waals surface area contributed by atoms with Crippen LogP contribution in [0, 0.1) is 11.8 Å². The van der Waals surface area contributed by atoms with Gasteiger partial charge in [0, 0.05) is 32.1 Å². The van der Waals surface area contributed by atoms with Gasteiger partial charge in [-0.2, -0.15) is 0 Å². The van der Waals surface area contributed by atoms with Gasteiger partial charge in [-0.1, -0.05) is 38.5 Å². The molecular formula is C20H39IN4O. The molecule has 0 aliphatic heterocycles. The molecule has 3 N–H and O–H groups in total. The summed E-state index contributed by atoms with van der Waals surface area (Å²) in [4.78, 5) is 16.1. The fourth-order valence-electron chi connectivity index (χ4n) is 3.78. The summed E-state index contributed by atoms with van der Waals surface area (Å²) < 4.78 is 0. The van der Waals surface area contributed by atoms with Gasteiger partial charge < -0.3 is 16.0 Å². The largest absolute Gasteiger partial charge is 0.356 e. The van der Waals surface area contributed by atoms with Crippen LogP contribution in [0.2, 0.25) is 0 Å². The molecular weight excluding hydrogens is 439 g/mol. The van der Waals surface area contributed by atoms with Crippen molar-refractivity contribution in [1.82, 2.24) is 16.0 Å². The zero-order valence-corrected chi connectivity index (χ0v) is 19.0. The molecule has 152 valence electrons. The number of nitrogens with zero attached hydrogens (tertiary/aromatic N) is 1. The number of guanidine groups is 1. The van der Waals surface area contributed by atoms with Gasteiger partial charge in [0.15, 0.2) is 5.96 Å². The number of rotatable bonds is 9. The number of hydrogen-bond acceptors (Lipinski definition) is 2. The molecule has 2 rings (SSSR count). The summed E-state index contributed by atoms with van der Waals surface area (Å²) in [6.07, 6.45) is 13.9. The van der Waals surface area contributed by atoms with Gasteiger partial charge in [0.1, 0.15) is 0 Å². The fourth-order valence-corrected chi connectivity index (χ4v) is 3.78. The van der Waals surface area contributed by atoms with Gasteiger partial charge in [-0.15, -0.1) is 24.0 Å². The monoisotopic (exact) mass is 478 g/mol. The van der Waals surface area contributed by atoms with Crippen LogP contribution in [0.3, 0.4) is 0 Å². The van der Waals surface area contributed by atoms with Gasteiger partial charge in [-0.05, 0) is 44.9 Å². The third-order valence-electron chi connectivity index (χ3n) is 5.76. The first kappa shape index (κ1) is 23.5. The molecule has 1 atom stereocenters. The molecule has 0 aromatic carbocycles. The first-order chi connectivity index (χ1) is 12.2. The number of carbonyl (C=O) groups is 1. The second-order valence-electron chi connectivity index (χ2n) is 7.90. The molecule has 2 aliphatic carbocycles. The molecule has 1 amide bonds. The lowest BCUT2D eigenvalue weighted by molar-refractivity contribution is -0.127. The Morgan fingerprint density at radius 1 is 1.04 bits per heavy atom. The van der Waals surface area contributed by atoms with Crippen molar-refractivity contribution in [3.05, 3.63) is 0 Å².